The van der Waals surface area contributed by atoms with E-state index in [4.69, 9.17) is 9.47 Å². The van der Waals surface area contributed by atoms with Crippen LogP contribution in [0.2, 0.25) is 0 Å². The van der Waals surface area contributed by atoms with Crippen LogP contribution < -0.4 is 14.8 Å². The van der Waals surface area contributed by atoms with E-state index in [-0.39, 0.29) is 35.4 Å². The maximum atomic E-state index is 12.6. The molecule has 0 saturated heterocycles. The molecule has 0 aliphatic carbocycles. The van der Waals surface area contributed by atoms with Crippen molar-refractivity contribution in [3.63, 3.8) is 0 Å². The Hall–Kier alpha value is -2.49. The summed E-state index contributed by atoms with van der Waals surface area (Å²) in [5.41, 5.74) is 0.902. The van der Waals surface area contributed by atoms with Crippen LogP contribution >= 0.6 is 0 Å². The van der Waals surface area contributed by atoms with Gasteiger partial charge in [-0.05, 0) is 37.3 Å². The van der Waals surface area contributed by atoms with E-state index in [0.29, 0.717) is 5.69 Å². The van der Waals surface area contributed by atoms with Gasteiger partial charge in [-0.1, -0.05) is 6.07 Å². The van der Waals surface area contributed by atoms with Gasteiger partial charge in [0.25, 0.3) is 5.91 Å². The van der Waals surface area contributed by atoms with Crippen LogP contribution in [-0.4, -0.2) is 46.7 Å². The lowest BCUT2D eigenvalue weighted by Crippen LogP contribution is -2.29. The maximum Gasteiger partial charge on any atom is 0.251 e. The fourth-order valence-corrected chi connectivity index (χ4v) is 3.58. The van der Waals surface area contributed by atoms with Gasteiger partial charge in [0.15, 0.2) is 0 Å². The average Bonchev–Trinajstić information content (AvgIpc) is 2.68. The molecule has 1 unspecified atom stereocenters. The first-order valence-corrected chi connectivity index (χ1v) is 9.75. The number of sulfonamides is 1. The fourth-order valence-electron chi connectivity index (χ4n) is 2.37. The monoisotopic (exact) mass is 393 g/mol. The van der Waals surface area contributed by atoms with E-state index in [1.54, 1.807) is 25.3 Å². The molecule has 0 bridgehead atoms. The second-order valence-corrected chi connectivity index (χ2v) is 7.44. The van der Waals surface area contributed by atoms with Crippen LogP contribution in [0.5, 0.6) is 5.75 Å². The van der Waals surface area contributed by atoms with Crippen molar-refractivity contribution in [2.24, 2.45) is 0 Å². The first-order chi connectivity index (χ1) is 12.9. The summed E-state index contributed by atoms with van der Waals surface area (Å²) in [6, 6.07) is 9.33. The molecule has 2 N–H and O–H groups in total. The Balaban J connectivity index is 2.24. The second kappa shape index (κ2) is 9.45. The Kier molecular flexibility index (Phi) is 7.28. The third-order valence-electron chi connectivity index (χ3n) is 3.79. The Bertz CT molecular complexity index is 872. The van der Waals surface area contributed by atoms with Gasteiger partial charge in [0, 0.05) is 25.4 Å². The van der Waals surface area contributed by atoms with Crippen molar-refractivity contribution in [1.82, 2.24) is 15.0 Å². The number of hydrogen-bond acceptors (Lipinski definition) is 6. The standard InChI is InChI=1S/C18H23N3O5S/c1-13(15-6-4-5-9-19-15)21-18(22)14-7-8-16(26-3)17(12-14)27(23,24)20-10-11-25-2/h4-9,12-13,20H,10-11H2,1-3H3,(H,21,22). The summed E-state index contributed by atoms with van der Waals surface area (Å²) in [7, 11) is -1.02. The summed E-state index contributed by atoms with van der Waals surface area (Å²) >= 11 is 0. The predicted molar refractivity (Wildman–Crippen MR) is 100 cm³/mol. The van der Waals surface area contributed by atoms with Crippen LogP contribution in [0.1, 0.15) is 29.0 Å². The molecule has 2 rings (SSSR count). The van der Waals surface area contributed by atoms with E-state index in [1.165, 1.54) is 32.4 Å². The maximum absolute atomic E-state index is 12.6. The minimum Gasteiger partial charge on any atom is -0.495 e. The zero-order valence-electron chi connectivity index (χ0n) is 15.4. The van der Waals surface area contributed by atoms with Crippen molar-refractivity contribution < 1.29 is 22.7 Å². The molecule has 1 aromatic carbocycles. The number of ether oxygens (including phenoxy) is 2. The zero-order chi connectivity index (χ0) is 19.9. The number of nitrogens with zero attached hydrogens (tertiary/aromatic N) is 1. The molecule has 8 nitrogen and oxygen atoms in total. The molecule has 0 spiro atoms. The predicted octanol–water partition coefficient (Wildman–Crippen LogP) is 1.51. The molecule has 0 aliphatic heterocycles. The van der Waals surface area contributed by atoms with E-state index in [0.717, 1.165) is 0 Å². The van der Waals surface area contributed by atoms with Crippen molar-refractivity contribution in [3.8, 4) is 5.75 Å². The number of carbonyl (C=O) groups is 1. The second-order valence-electron chi connectivity index (χ2n) is 5.71. The smallest absolute Gasteiger partial charge is 0.251 e. The highest BCUT2D eigenvalue weighted by Crippen LogP contribution is 2.25. The Morgan fingerprint density at radius 3 is 2.63 bits per heavy atom. The minimum absolute atomic E-state index is 0.106. The topological polar surface area (TPSA) is 107 Å². The molecule has 2 aromatic rings. The summed E-state index contributed by atoms with van der Waals surface area (Å²) in [6.07, 6.45) is 1.64. The quantitative estimate of drug-likeness (QED) is 0.626. The van der Waals surface area contributed by atoms with Gasteiger partial charge in [-0.3, -0.25) is 9.78 Å². The molecule has 0 radical (unpaired) electrons. The van der Waals surface area contributed by atoms with Crippen molar-refractivity contribution in [1.29, 1.82) is 0 Å². The molecule has 1 atom stereocenters. The Morgan fingerprint density at radius 2 is 2.00 bits per heavy atom. The first-order valence-electron chi connectivity index (χ1n) is 8.27. The molecule has 9 heteroatoms. The van der Waals surface area contributed by atoms with E-state index < -0.39 is 15.9 Å². The largest absolute Gasteiger partial charge is 0.495 e. The van der Waals surface area contributed by atoms with Gasteiger partial charge in [-0.2, -0.15) is 0 Å². The summed E-state index contributed by atoms with van der Waals surface area (Å²) < 4.78 is 37.4. The number of methoxy groups -OCH3 is 2. The van der Waals surface area contributed by atoms with Crippen LogP contribution in [-0.2, 0) is 14.8 Å². The van der Waals surface area contributed by atoms with Gasteiger partial charge in [-0.25, -0.2) is 13.1 Å². The lowest BCUT2D eigenvalue weighted by molar-refractivity contribution is 0.0939. The highest BCUT2D eigenvalue weighted by molar-refractivity contribution is 7.89. The SMILES string of the molecule is COCCNS(=O)(=O)c1cc(C(=O)NC(C)c2ccccn2)ccc1OC. The Morgan fingerprint density at radius 1 is 1.22 bits per heavy atom. The van der Waals surface area contributed by atoms with E-state index in [2.05, 4.69) is 15.0 Å². The highest BCUT2D eigenvalue weighted by Gasteiger charge is 2.22. The van der Waals surface area contributed by atoms with Crippen LogP contribution in [0.3, 0.4) is 0 Å². The zero-order valence-corrected chi connectivity index (χ0v) is 16.2. The molecule has 27 heavy (non-hydrogen) atoms. The van der Waals surface area contributed by atoms with Gasteiger partial charge < -0.3 is 14.8 Å². The molecule has 1 aromatic heterocycles. The van der Waals surface area contributed by atoms with Crippen LogP contribution in [0, 0.1) is 0 Å². The van der Waals surface area contributed by atoms with Crippen molar-refractivity contribution in [3.05, 3.63) is 53.9 Å². The lowest BCUT2D eigenvalue weighted by Gasteiger charge is -2.15. The number of benzene rings is 1. The van der Waals surface area contributed by atoms with Crippen LogP contribution in [0.25, 0.3) is 0 Å². The van der Waals surface area contributed by atoms with E-state index in [9.17, 15) is 13.2 Å². The fraction of sp³-hybridized carbons (Fsp3) is 0.333. The Labute approximate surface area is 159 Å². The molecular formula is C18H23N3O5S. The number of nitrogens with one attached hydrogen (secondary N) is 2. The summed E-state index contributed by atoms with van der Waals surface area (Å²) in [5.74, 6) is -0.265. The number of aromatic nitrogens is 1. The van der Waals surface area contributed by atoms with Crippen molar-refractivity contribution in [2.45, 2.75) is 17.9 Å². The summed E-state index contributed by atoms with van der Waals surface area (Å²) in [5, 5.41) is 2.80. The first kappa shape index (κ1) is 20.8. The molecule has 1 amide bonds. The van der Waals surface area contributed by atoms with E-state index in [1.807, 2.05) is 6.07 Å². The van der Waals surface area contributed by atoms with Gasteiger partial charge in [-0.15, -0.1) is 0 Å². The van der Waals surface area contributed by atoms with E-state index >= 15 is 0 Å². The van der Waals surface area contributed by atoms with Gasteiger partial charge in [0.1, 0.15) is 10.6 Å². The number of rotatable bonds is 9. The number of amides is 1. The molecular weight excluding hydrogens is 370 g/mol. The third-order valence-corrected chi connectivity index (χ3v) is 5.27. The van der Waals surface area contributed by atoms with Gasteiger partial charge in [0.2, 0.25) is 10.0 Å². The summed E-state index contributed by atoms with van der Waals surface area (Å²) in [6.45, 7) is 2.13. The lowest BCUT2D eigenvalue weighted by atomic mass is 10.1. The van der Waals surface area contributed by atoms with Gasteiger partial charge in [0.05, 0.1) is 25.5 Å². The molecule has 0 aliphatic rings. The third kappa shape index (κ3) is 5.49. The average molecular weight is 393 g/mol. The number of hydrogen-bond donors (Lipinski definition) is 2. The molecule has 0 fully saturated rings. The van der Waals surface area contributed by atoms with Crippen LogP contribution in [0.15, 0.2) is 47.5 Å². The van der Waals surface area contributed by atoms with Crippen molar-refractivity contribution >= 4 is 15.9 Å². The molecule has 146 valence electrons. The highest BCUT2D eigenvalue weighted by atomic mass is 32.2. The van der Waals surface area contributed by atoms with Crippen molar-refractivity contribution in [2.75, 3.05) is 27.4 Å². The summed E-state index contributed by atoms with van der Waals surface area (Å²) in [4.78, 5) is 16.6. The van der Waals surface area contributed by atoms with Crippen LogP contribution in [0.4, 0.5) is 0 Å². The number of carbonyl (C=O) groups excluding carboxylic acids is 1. The molecule has 0 saturated carbocycles. The molecule has 1 heterocycles. The normalized spacial score (nSPS) is 12.4. The minimum atomic E-state index is -3.86. The number of pyridine rings is 1. The van der Waals surface area contributed by atoms with Gasteiger partial charge >= 0.3 is 0 Å².